The van der Waals surface area contributed by atoms with Crippen molar-refractivity contribution < 1.29 is 9.84 Å². The molecule has 1 aliphatic rings. The van der Waals surface area contributed by atoms with Gasteiger partial charge in [-0.1, -0.05) is 23.7 Å². The summed E-state index contributed by atoms with van der Waals surface area (Å²) in [6.07, 6.45) is -0.517. The maximum atomic E-state index is 10.6. The number of hydrogen-bond acceptors (Lipinski definition) is 4. The number of benzene rings is 2. The molecule has 0 aromatic heterocycles. The molecule has 1 unspecified atom stereocenters. The first-order chi connectivity index (χ1) is 12.5. The molecule has 1 heterocycles. The zero-order chi connectivity index (χ0) is 18.7. The van der Waals surface area contributed by atoms with Crippen LogP contribution < -0.4 is 9.64 Å². The molecule has 2 aromatic rings. The molecular weight excluding hydrogens is 416 g/mol. The summed E-state index contributed by atoms with van der Waals surface area (Å²) in [5.41, 5.74) is 3.34. The van der Waals surface area contributed by atoms with Crippen LogP contribution in [0.4, 0.5) is 5.69 Å². The normalized spacial score (nSPS) is 16.6. The van der Waals surface area contributed by atoms with Gasteiger partial charge in [0, 0.05) is 43.4 Å². The molecule has 3 rings (SSSR count). The zero-order valence-electron chi connectivity index (χ0n) is 15.1. The van der Waals surface area contributed by atoms with Gasteiger partial charge in [-0.2, -0.15) is 0 Å². The Bertz CT molecular complexity index is 763. The average molecular weight is 440 g/mol. The number of methoxy groups -OCH3 is 1. The van der Waals surface area contributed by atoms with Gasteiger partial charge in [0.25, 0.3) is 0 Å². The monoisotopic (exact) mass is 438 g/mol. The fourth-order valence-electron chi connectivity index (χ4n) is 3.33. The molecule has 0 aliphatic carbocycles. The molecule has 1 fully saturated rings. The lowest BCUT2D eigenvalue weighted by Gasteiger charge is -2.37. The van der Waals surface area contributed by atoms with E-state index >= 15 is 0 Å². The van der Waals surface area contributed by atoms with Crippen molar-refractivity contribution in [2.75, 3.05) is 44.7 Å². The van der Waals surface area contributed by atoms with Gasteiger partial charge in [0.15, 0.2) is 0 Å². The van der Waals surface area contributed by atoms with E-state index in [1.165, 1.54) is 11.3 Å². The van der Waals surface area contributed by atoms with Crippen LogP contribution in [-0.2, 0) is 0 Å². The fourth-order valence-corrected chi connectivity index (χ4v) is 4.06. The molecule has 1 saturated heterocycles. The lowest BCUT2D eigenvalue weighted by molar-refractivity contribution is 0.109. The van der Waals surface area contributed by atoms with Crippen molar-refractivity contribution in [1.29, 1.82) is 0 Å². The predicted molar refractivity (Wildman–Crippen MR) is 110 cm³/mol. The number of ether oxygens (including phenoxy) is 1. The number of halogens is 2. The van der Waals surface area contributed by atoms with Crippen LogP contribution in [0.1, 0.15) is 17.2 Å². The Balaban J connectivity index is 1.58. The van der Waals surface area contributed by atoms with E-state index in [-0.39, 0.29) is 0 Å². The van der Waals surface area contributed by atoms with Gasteiger partial charge >= 0.3 is 0 Å². The average Bonchev–Trinajstić information content (AvgIpc) is 2.64. The number of aliphatic hydroxyl groups is 1. The Morgan fingerprint density at radius 2 is 1.88 bits per heavy atom. The highest BCUT2D eigenvalue weighted by molar-refractivity contribution is 9.10. The Hall–Kier alpha value is -1.27. The topological polar surface area (TPSA) is 35.9 Å². The fraction of sp³-hybridized carbons (Fsp3) is 0.400. The summed E-state index contributed by atoms with van der Waals surface area (Å²) in [4.78, 5) is 4.67. The van der Waals surface area contributed by atoms with Gasteiger partial charge in [-0.05, 0) is 58.2 Å². The number of piperazine rings is 1. The van der Waals surface area contributed by atoms with Gasteiger partial charge in [-0.15, -0.1) is 0 Å². The minimum Gasteiger partial charge on any atom is -0.496 e. The second-order valence-corrected chi connectivity index (χ2v) is 7.92. The molecule has 1 aliphatic heterocycles. The number of rotatable bonds is 5. The van der Waals surface area contributed by atoms with E-state index in [9.17, 15) is 5.11 Å². The lowest BCUT2D eigenvalue weighted by atomic mass is 10.1. The van der Waals surface area contributed by atoms with Crippen molar-refractivity contribution in [3.8, 4) is 5.75 Å². The van der Waals surface area contributed by atoms with Crippen LogP contribution in [0.25, 0.3) is 0 Å². The zero-order valence-corrected chi connectivity index (χ0v) is 17.4. The third kappa shape index (κ3) is 4.52. The molecule has 140 valence electrons. The molecule has 0 bridgehead atoms. The highest BCUT2D eigenvalue weighted by Gasteiger charge is 2.21. The quantitative estimate of drug-likeness (QED) is 0.754. The molecule has 1 atom stereocenters. The summed E-state index contributed by atoms with van der Waals surface area (Å²) < 4.78 is 6.11. The second-order valence-electron chi connectivity index (χ2n) is 6.63. The number of nitrogens with zero attached hydrogens (tertiary/aromatic N) is 2. The van der Waals surface area contributed by atoms with Crippen molar-refractivity contribution in [2.45, 2.75) is 13.0 Å². The lowest BCUT2D eigenvalue weighted by Crippen LogP contribution is -2.47. The van der Waals surface area contributed by atoms with Crippen LogP contribution in [0.2, 0.25) is 5.02 Å². The highest BCUT2D eigenvalue weighted by Crippen LogP contribution is 2.29. The SMILES string of the molecule is COc1ccc(C(O)CN2CCN(c3cc(Cl)ccc3C)CC2)cc1Br. The number of aryl methyl sites for hydroxylation is 1. The van der Waals surface area contributed by atoms with Crippen LogP contribution in [-0.4, -0.2) is 49.8 Å². The van der Waals surface area contributed by atoms with E-state index in [1.54, 1.807) is 7.11 Å². The smallest absolute Gasteiger partial charge is 0.133 e. The Kier molecular flexibility index (Phi) is 6.46. The van der Waals surface area contributed by atoms with Crippen molar-refractivity contribution in [2.24, 2.45) is 0 Å². The maximum absolute atomic E-state index is 10.6. The van der Waals surface area contributed by atoms with E-state index in [2.05, 4.69) is 38.7 Å². The van der Waals surface area contributed by atoms with E-state index in [0.717, 1.165) is 47.0 Å². The Morgan fingerprint density at radius 1 is 1.15 bits per heavy atom. The third-order valence-electron chi connectivity index (χ3n) is 4.88. The summed E-state index contributed by atoms with van der Waals surface area (Å²) in [5.74, 6) is 0.770. The molecule has 2 aromatic carbocycles. The summed E-state index contributed by atoms with van der Waals surface area (Å²) in [5, 5.41) is 11.4. The number of β-amino-alcohol motifs (C(OH)–C–C–N with tert-alkyl or cyclic N) is 1. The Morgan fingerprint density at radius 3 is 2.54 bits per heavy atom. The van der Waals surface area contributed by atoms with E-state index < -0.39 is 6.10 Å². The molecule has 0 saturated carbocycles. The standard InChI is InChI=1S/C20H24BrClN2O2/c1-14-3-5-16(22)12-18(14)24-9-7-23(8-10-24)13-19(25)15-4-6-20(26-2)17(21)11-15/h3-6,11-12,19,25H,7-10,13H2,1-2H3. The van der Waals surface area contributed by atoms with Crippen LogP contribution >= 0.6 is 27.5 Å². The summed E-state index contributed by atoms with van der Waals surface area (Å²) in [6, 6.07) is 11.8. The summed E-state index contributed by atoms with van der Waals surface area (Å²) in [6.45, 7) is 6.44. The van der Waals surface area contributed by atoms with Gasteiger partial charge < -0.3 is 14.7 Å². The molecule has 6 heteroatoms. The second kappa shape index (κ2) is 8.61. The van der Waals surface area contributed by atoms with Gasteiger partial charge in [-0.25, -0.2) is 0 Å². The summed E-state index contributed by atoms with van der Waals surface area (Å²) in [7, 11) is 1.64. The molecule has 0 spiro atoms. The van der Waals surface area contributed by atoms with Crippen LogP contribution in [0.3, 0.4) is 0 Å². The minimum atomic E-state index is -0.517. The van der Waals surface area contributed by atoms with Crippen molar-refractivity contribution in [1.82, 2.24) is 4.90 Å². The molecule has 26 heavy (non-hydrogen) atoms. The number of aliphatic hydroxyl groups excluding tert-OH is 1. The summed E-state index contributed by atoms with van der Waals surface area (Å²) >= 11 is 9.63. The molecule has 4 nitrogen and oxygen atoms in total. The van der Waals surface area contributed by atoms with Gasteiger partial charge in [0.2, 0.25) is 0 Å². The first kappa shape index (κ1) is 19.5. The van der Waals surface area contributed by atoms with Gasteiger partial charge in [0.1, 0.15) is 5.75 Å². The van der Waals surface area contributed by atoms with E-state index in [4.69, 9.17) is 16.3 Å². The van der Waals surface area contributed by atoms with E-state index in [0.29, 0.717) is 6.54 Å². The van der Waals surface area contributed by atoms with Gasteiger partial charge in [0.05, 0.1) is 17.7 Å². The largest absolute Gasteiger partial charge is 0.496 e. The van der Waals surface area contributed by atoms with E-state index in [1.807, 2.05) is 30.3 Å². The van der Waals surface area contributed by atoms with Gasteiger partial charge in [-0.3, -0.25) is 4.90 Å². The first-order valence-corrected chi connectivity index (χ1v) is 9.90. The Labute approximate surface area is 168 Å². The first-order valence-electron chi connectivity index (χ1n) is 8.73. The molecule has 0 radical (unpaired) electrons. The van der Waals surface area contributed by atoms with Crippen LogP contribution in [0.5, 0.6) is 5.75 Å². The molecule has 1 N–H and O–H groups in total. The van der Waals surface area contributed by atoms with Crippen molar-refractivity contribution in [3.05, 3.63) is 57.0 Å². The third-order valence-corrected chi connectivity index (χ3v) is 5.73. The maximum Gasteiger partial charge on any atom is 0.133 e. The minimum absolute atomic E-state index is 0.517. The van der Waals surface area contributed by atoms with Crippen molar-refractivity contribution in [3.63, 3.8) is 0 Å². The highest BCUT2D eigenvalue weighted by atomic mass is 79.9. The molecular formula is C20H24BrClN2O2. The van der Waals surface area contributed by atoms with Crippen LogP contribution in [0.15, 0.2) is 40.9 Å². The molecule has 0 amide bonds. The number of anilines is 1. The number of hydrogen-bond donors (Lipinski definition) is 1. The van der Waals surface area contributed by atoms with Crippen LogP contribution in [0, 0.1) is 6.92 Å². The van der Waals surface area contributed by atoms with Crippen molar-refractivity contribution >= 4 is 33.2 Å². The predicted octanol–water partition coefficient (Wildman–Crippen LogP) is 4.28.